The van der Waals surface area contributed by atoms with Gasteiger partial charge in [-0.1, -0.05) is 30.7 Å². The average Bonchev–Trinajstić information content (AvgIpc) is 2.20. The first-order valence-corrected chi connectivity index (χ1v) is 4.98. The van der Waals surface area contributed by atoms with E-state index in [1.165, 1.54) is 0 Å². The Balaban J connectivity index is 2.60. The Hall–Kier alpha value is -0.860. The van der Waals surface area contributed by atoms with E-state index in [4.69, 9.17) is 17.3 Å². The Morgan fingerprint density at radius 2 is 2.00 bits per heavy atom. The second-order valence-corrected chi connectivity index (χ2v) is 3.84. The number of hydrogen-bond acceptors (Lipinski definition) is 2. The van der Waals surface area contributed by atoms with Crippen molar-refractivity contribution in [1.82, 2.24) is 0 Å². The largest absolute Gasteiger partial charge is 0.330 e. The van der Waals surface area contributed by atoms with Crippen molar-refractivity contribution in [1.29, 1.82) is 0 Å². The van der Waals surface area contributed by atoms with Gasteiger partial charge in [0.1, 0.15) is 5.78 Å². The van der Waals surface area contributed by atoms with Crippen LogP contribution in [0.2, 0.25) is 5.02 Å². The number of carbonyl (C=O) groups is 1. The Morgan fingerprint density at radius 1 is 1.43 bits per heavy atom. The Labute approximate surface area is 89.1 Å². The van der Waals surface area contributed by atoms with Gasteiger partial charge in [0, 0.05) is 23.9 Å². The molecule has 0 radical (unpaired) electrons. The highest BCUT2D eigenvalue weighted by molar-refractivity contribution is 6.30. The minimum atomic E-state index is -0.0642. The summed E-state index contributed by atoms with van der Waals surface area (Å²) < 4.78 is 0. The molecule has 0 bridgehead atoms. The molecule has 3 heteroatoms. The predicted octanol–water partition coefficient (Wildman–Crippen LogP) is 2.05. The maximum Gasteiger partial charge on any atom is 0.141 e. The van der Waals surface area contributed by atoms with Gasteiger partial charge in [-0.3, -0.25) is 4.79 Å². The zero-order chi connectivity index (χ0) is 10.6. The number of hydrogen-bond donors (Lipinski definition) is 1. The van der Waals surface area contributed by atoms with E-state index in [0.717, 1.165) is 5.56 Å². The molecule has 2 N–H and O–H groups in total. The molecule has 0 spiro atoms. The number of Topliss-reactive ketones (excluding diaryl/α,β-unsaturated/α-hetero) is 1. The Morgan fingerprint density at radius 3 is 2.50 bits per heavy atom. The number of rotatable bonds is 4. The summed E-state index contributed by atoms with van der Waals surface area (Å²) in [6, 6.07) is 7.31. The highest BCUT2D eigenvalue weighted by atomic mass is 35.5. The van der Waals surface area contributed by atoms with Crippen LogP contribution in [0.25, 0.3) is 0 Å². The second kappa shape index (κ2) is 5.13. The topological polar surface area (TPSA) is 43.1 Å². The summed E-state index contributed by atoms with van der Waals surface area (Å²) in [5.41, 5.74) is 6.39. The molecule has 0 heterocycles. The number of ketones is 1. The molecule has 1 aromatic carbocycles. The van der Waals surface area contributed by atoms with Crippen molar-refractivity contribution < 1.29 is 4.79 Å². The van der Waals surface area contributed by atoms with Crippen LogP contribution in [0.1, 0.15) is 12.5 Å². The lowest BCUT2D eigenvalue weighted by molar-refractivity contribution is -0.121. The van der Waals surface area contributed by atoms with E-state index in [1.54, 1.807) is 12.1 Å². The number of carbonyl (C=O) groups excluding carboxylic acids is 1. The summed E-state index contributed by atoms with van der Waals surface area (Å²) >= 11 is 5.73. The summed E-state index contributed by atoms with van der Waals surface area (Å²) in [5.74, 6) is 0.112. The third kappa shape index (κ3) is 3.13. The molecule has 0 saturated carbocycles. The summed E-state index contributed by atoms with van der Waals surface area (Å²) in [6.45, 7) is 2.25. The van der Waals surface area contributed by atoms with Crippen LogP contribution in [0.3, 0.4) is 0 Å². The zero-order valence-corrected chi connectivity index (χ0v) is 8.92. The molecule has 1 aromatic rings. The first-order valence-electron chi connectivity index (χ1n) is 4.60. The van der Waals surface area contributed by atoms with Crippen LogP contribution in [0.15, 0.2) is 24.3 Å². The van der Waals surface area contributed by atoms with Gasteiger partial charge < -0.3 is 5.73 Å². The first-order chi connectivity index (χ1) is 6.63. The molecule has 0 aliphatic heterocycles. The van der Waals surface area contributed by atoms with Gasteiger partial charge in [-0.15, -0.1) is 0 Å². The van der Waals surface area contributed by atoms with Crippen molar-refractivity contribution in [3.63, 3.8) is 0 Å². The lowest BCUT2D eigenvalue weighted by Crippen LogP contribution is -2.22. The van der Waals surface area contributed by atoms with E-state index >= 15 is 0 Å². The van der Waals surface area contributed by atoms with Crippen LogP contribution >= 0.6 is 11.6 Å². The predicted molar refractivity (Wildman–Crippen MR) is 58.4 cm³/mol. The van der Waals surface area contributed by atoms with Crippen LogP contribution in [0.5, 0.6) is 0 Å². The van der Waals surface area contributed by atoms with E-state index in [0.29, 0.717) is 18.0 Å². The molecule has 0 saturated heterocycles. The summed E-state index contributed by atoms with van der Waals surface area (Å²) in [5, 5.41) is 0.688. The number of halogens is 1. The van der Waals surface area contributed by atoms with Gasteiger partial charge in [-0.2, -0.15) is 0 Å². The third-order valence-electron chi connectivity index (χ3n) is 2.19. The van der Waals surface area contributed by atoms with Crippen LogP contribution in [0, 0.1) is 5.92 Å². The molecular formula is C11H14ClNO. The lowest BCUT2D eigenvalue weighted by Gasteiger charge is -2.06. The molecule has 0 aliphatic carbocycles. The minimum Gasteiger partial charge on any atom is -0.330 e. The van der Waals surface area contributed by atoms with Crippen LogP contribution < -0.4 is 5.73 Å². The summed E-state index contributed by atoms with van der Waals surface area (Å²) in [6.07, 6.45) is 0.440. The molecule has 1 atom stereocenters. The lowest BCUT2D eigenvalue weighted by atomic mass is 10.00. The monoisotopic (exact) mass is 211 g/mol. The quantitative estimate of drug-likeness (QED) is 0.829. The van der Waals surface area contributed by atoms with Crippen LogP contribution in [-0.4, -0.2) is 12.3 Å². The van der Waals surface area contributed by atoms with Crippen LogP contribution in [-0.2, 0) is 11.2 Å². The van der Waals surface area contributed by atoms with E-state index in [-0.39, 0.29) is 11.7 Å². The van der Waals surface area contributed by atoms with E-state index < -0.39 is 0 Å². The van der Waals surface area contributed by atoms with Crippen molar-refractivity contribution in [2.75, 3.05) is 6.54 Å². The van der Waals surface area contributed by atoms with Gasteiger partial charge in [0.2, 0.25) is 0 Å². The second-order valence-electron chi connectivity index (χ2n) is 3.41. The number of nitrogens with two attached hydrogens (primary N) is 1. The molecule has 1 rings (SSSR count). The molecule has 0 fully saturated rings. The van der Waals surface area contributed by atoms with Crippen LogP contribution in [0.4, 0.5) is 0 Å². The SMILES string of the molecule is CC(CN)C(=O)Cc1ccc(Cl)cc1. The maximum atomic E-state index is 11.5. The molecule has 0 amide bonds. The fraction of sp³-hybridized carbons (Fsp3) is 0.364. The molecule has 14 heavy (non-hydrogen) atoms. The van der Waals surface area contributed by atoms with E-state index in [1.807, 2.05) is 19.1 Å². The zero-order valence-electron chi connectivity index (χ0n) is 8.16. The van der Waals surface area contributed by atoms with Gasteiger partial charge >= 0.3 is 0 Å². The smallest absolute Gasteiger partial charge is 0.141 e. The van der Waals surface area contributed by atoms with Gasteiger partial charge in [-0.05, 0) is 17.7 Å². The minimum absolute atomic E-state index is 0.0642. The molecule has 1 unspecified atom stereocenters. The Kier molecular flexibility index (Phi) is 4.11. The van der Waals surface area contributed by atoms with Crippen molar-refractivity contribution >= 4 is 17.4 Å². The summed E-state index contributed by atoms with van der Waals surface area (Å²) in [7, 11) is 0. The standard InChI is InChI=1S/C11H14ClNO/c1-8(7-13)11(14)6-9-2-4-10(12)5-3-9/h2-5,8H,6-7,13H2,1H3. The molecule has 2 nitrogen and oxygen atoms in total. The van der Waals surface area contributed by atoms with Crippen molar-refractivity contribution in [2.45, 2.75) is 13.3 Å². The van der Waals surface area contributed by atoms with Gasteiger partial charge in [0.05, 0.1) is 0 Å². The molecule has 0 aliphatic rings. The highest BCUT2D eigenvalue weighted by Crippen LogP contribution is 2.11. The van der Waals surface area contributed by atoms with Gasteiger partial charge in [0.15, 0.2) is 0 Å². The highest BCUT2D eigenvalue weighted by Gasteiger charge is 2.10. The molecule has 76 valence electrons. The normalized spacial score (nSPS) is 12.5. The fourth-order valence-electron chi connectivity index (χ4n) is 1.11. The van der Waals surface area contributed by atoms with E-state index in [2.05, 4.69) is 0 Å². The van der Waals surface area contributed by atoms with Crippen molar-refractivity contribution in [2.24, 2.45) is 11.7 Å². The van der Waals surface area contributed by atoms with Crippen molar-refractivity contribution in [3.8, 4) is 0 Å². The maximum absolute atomic E-state index is 11.5. The van der Waals surface area contributed by atoms with E-state index in [9.17, 15) is 4.79 Å². The fourth-order valence-corrected chi connectivity index (χ4v) is 1.24. The van der Waals surface area contributed by atoms with Gasteiger partial charge in [-0.25, -0.2) is 0 Å². The molecular weight excluding hydrogens is 198 g/mol. The number of benzene rings is 1. The Bertz CT molecular complexity index is 308. The van der Waals surface area contributed by atoms with Gasteiger partial charge in [0.25, 0.3) is 0 Å². The summed E-state index contributed by atoms with van der Waals surface area (Å²) in [4.78, 5) is 11.5. The van der Waals surface area contributed by atoms with Crippen molar-refractivity contribution in [3.05, 3.63) is 34.9 Å². The first kappa shape index (κ1) is 11.2. The average molecular weight is 212 g/mol. The third-order valence-corrected chi connectivity index (χ3v) is 2.45. The molecule has 0 aromatic heterocycles.